The Morgan fingerprint density at radius 3 is 2.82 bits per heavy atom. The number of aromatic nitrogens is 2. The van der Waals surface area contributed by atoms with E-state index in [0.29, 0.717) is 0 Å². The van der Waals surface area contributed by atoms with Crippen molar-refractivity contribution in [3.8, 4) is 0 Å². The lowest BCUT2D eigenvalue weighted by Gasteiger charge is -2.11. The van der Waals surface area contributed by atoms with Gasteiger partial charge in [0.15, 0.2) is 0 Å². The van der Waals surface area contributed by atoms with Gasteiger partial charge in [0.1, 0.15) is 0 Å². The van der Waals surface area contributed by atoms with E-state index in [-0.39, 0.29) is 6.04 Å². The fraction of sp³-hybridized carbons (Fsp3) is 0.417. The summed E-state index contributed by atoms with van der Waals surface area (Å²) in [5.41, 5.74) is 8.38. The molecule has 2 N–H and O–H groups in total. The van der Waals surface area contributed by atoms with Crippen LogP contribution >= 0.6 is 27.3 Å². The number of nitrogens with two attached hydrogens (primary N) is 1. The fourth-order valence-electron chi connectivity index (χ4n) is 1.91. The van der Waals surface area contributed by atoms with Gasteiger partial charge in [-0.05, 0) is 40.7 Å². The number of halogens is 1. The molecular formula is C12H16BrN3S. The van der Waals surface area contributed by atoms with E-state index in [1.54, 1.807) is 11.3 Å². The second kappa shape index (κ2) is 5.33. The maximum Gasteiger partial charge on any atom is 0.0738 e. The Morgan fingerprint density at radius 1 is 1.53 bits per heavy atom. The average molecular weight is 314 g/mol. The Hall–Kier alpha value is -0.650. The lowest BCUT2D eigenvalue weighted by atomic mass is 10.1. The predicted octanol–water partition coefficient (Wildman–Crippen LogP) is 2.67. The highest BCUT2D eigenvalue weighted by Gasteiger charge is 2.14. The maximum absolute atomic E-state index is 6.19. The van der Waals surface area contributed by atoms with Gasteiger partial charge in [-0.1, -0.05) is 6.07 Å². The van der Waals surface area contributed by atoms with Crippen molar-refractivity contribution in [2.45, 2.75) is 25.8 Å². The molecule has 0 amide bonds. The van der Waals surface area contributed by atoms with Crippen molar-refractivity contribution in [1.82, 2.24) is 9.78 Å². The SMILES string of the molecule is Cc1nn(C)c(CC(N)Cc2cccs2)c1Br. The van der Waals surface area contributed by atoms with Crippen LogP contribution in [-0.4, -0.2) is 15.8 Å². The summed E-state index contributed by atoms with van der Waals surface area (Å²) in [4.78, 5) is 1.34. The summed E-state index contributed by atoms with van der Waals surface area (Å²) in [7, 11) is 1.96. The van der Waals surface area contributed by atoms with E-state index in [1.165, 1.54) is 10.6 Å². The smallest absolute Gasteiger partial charge is 0.0738 e. The Labute approximate surface area is 114 Å². The Balaban J connectivity index is 2.05. The van der Waals surface area contributed by atoms with Crippen LogP contribution in [0.15, 0.2) is 22.0 Å². The molecule has 3 nitrogen and oxygen atoms in total. The van der Waals surface area contributed by atoms with E-state index in [2.05, 4.69) is 38.5 Å². The van der Waals surface area contributed by atoms with Crippen LogP contribution in [0.5, 0.6) is 0 Å². The van der Waals surface area contributed by atoms with Crippen molar-refractivity contribution in [2.24, 2.45) is 12.8 Å². The van der Waals surface area contributed by atoms with Gasteiger partial charge in [-0.3, -0.25) is 4.68 Å². The summed E-state index contributed by atoms with van der Waals surface area (Å²) in [5.74, 6) is 0. The molecule has 2 aromatic heterocycles. The van der Waals surface area contributed by atoms with E-state index in [4.69, 9.17) is 5.73 Å². The van der Waals surface area contributed by atoms with Crippen molar-refractivity contribution in [3.63, 3.8) is 0 Å². The molecule has 1 atom stereocenters. The zero-order valence-electron chi connectivity index (χ0n) is 9.98. The molecule has 0 aromatic carbocycles. The standard InChI is InChI=1S/C12H16BrN3S/c1-8-12(13)11(16(2)15-8)7-9(14)6-10-4-3-5-17-10/h3-5,9H,6-7,14H2,1-2H3. The number of thiophene rings is 1. The maximum atomic E-state index is 6.19. The summed E-state index contributed by atoms with van der Waals surface area (Å²) in [5, 5.41) is 6.47. The number of hydrogen-bond donors (Lipinski definition) is 1. The molecule has 0 aliphatic carbocycles. The summed E-state index contributed by atoms with van der Waals surface area (Å²) >= 11 is 5.33. The third kappa shape index (κ3) is 2.97. The molecule has 92 valence electrons. The topological polar surface area (TPSA) is 43.8 Å². The van der Waals surface area contributed by atoms with Gasteiger partial charge in [-0.25, -0.2) is 0 Å². The average Bonchev–Trinajstić information content (AvgIpc) is 2.83. The van der Waals surface area contributed by atoms with Crippen LogP contribution in [0.1, 0.15) is 16.3 Å². The number of aryl methyl sites for hydroxylation is 2. The zero-order valence-corrected chi connectivity index (χ0v) is 12.4. The van der Waals surface area contributed by atoms with Crippen molar-refractivity contribution in [3.05, 3.63) is 38.3 Å². The molecule has 0 radical (unpaired) electrons. The van der Waals surface area contributed by atoms with Crippen LogP contribution in [0.3, 0.4) is 0 Å². The van der Waals surface area contributed by atoms with E-state index < -0.39 is 0 Å². The van der Waals surface area contributed by atoms with Crippen LogP contribution in [-0.2, 0) is 19.9 Å². The van der Waals surface area contributed by atoms with Crippen molar-refractivity contribution in [2.75, 3.05) is 0 Å². The van der Waals surface area contributed by atoms with Crippen LogP contribution < -0.4 is 5.73 Å². The molecule has 0 aliphatic heterocycles. The van der Waals surface area contributed by atoms with Gasteiger partial charge in [0.05, 0.1) is 15.9 Å². The molecule has 0 saturated heterocycles. The van der Waals surface area contributed by atoms with E-state index in [0.717, 1.165) is 23.0 Å². The molecule has 2 heterocycles. The van der Waals surface area contributed by atoms with Crippen molar-refractivity contribution < 1.29 is 0 Å². The zero-order chi connectivity index (χ0) is 12.4. The lowest BCUT2D eigenvalue weighted by Crippen LogP contribution is -2.26. The van der Waals surface area contributed by atoms with Crippen LogP contribution in [0.25, 0.3) is 0 Å². The van der Waals surface area contributed by atoms with E-state index in [9.17, 15) is 0 Å². The second-order valence-electron chi connectivity index (χ2n) is 4.22. The molecule has 0 aliphatic rings. The summed E-state index contributed by atoms with van der Waals surface area (Å²) in [6.45, 7) is 2.00. The molecule has 0 fully saturated rings. The van der Waals surface area contributed by atoms with Gasteiger partial charge in [0, 0.05) is 24.4 Å². The first-order valence-corrected chi connectivity index (χ1v) is 7.21. The number of nitrogens with zero attached hydrogens (tertiary/aromatic N) is 2. The van der Waals surface area contributed by atoms with Crippen LogP contribution in [0, 0.1) is 6.92 Å². The summed E-state index contributed by atoms with van der Waals surface area (Å²) in [6, 6.07) is 4.34. The Bertz CT molecular complexity index is 490. The molecule has 2 aromatic rings. The Morgan fingerprint density at radius 2 is 2.29 bits per heavy atom. The minimum Gasteiger partial charge on any atom is -0.327 e. The molecule has 0 bridgehead atoms. The molecule has 1 unspecified atom stereocenters. The minimum atomic E-state index is 0.139. The van der Waals surface area contributed by atoms with Gasteiger partial charge in [-0.15, -0.1) is 11.3 Å². The van der Waals surface area contributed by atoms with Crippen LogP contribution in [0.4, 0.5) is 0 Å². The van der Waals surface area contributed by atoms with Gasteiger partial charge in [-0.2, -0.15) is 5.10 Å². The van der Waals surface area contributed by atoms with Gasteiger partial charge < -0.3 is 5.73 Å². The number of hydrogen-bond acceptors (Lipinski definition) is 3. The molecule has 0 saturated carbocycles. The molecule has 2 rings (SSSR count). The highest BCUT2D eigenvalue weighted by molar-refractivity contribution is 9.10. The quantitative estimate of drug-likeness (QED) is 0.943. The van der Waals surface area contributed by atoms with E-state index in [1.807, 2.05) is 18.7 Å². The highest BCUT2D eigenvalue weighted by Crippen LogP contribution is 2.22. The largest absolute Gasteiger partial charge is 0.327 e. The van der Waals surface area contributed by atoms with Crippen LogP contribution in [0.2, 0.25) is 0 Å². The highest BCUT2D eigenvalue weighted by atomic mass is 79.9. The molecular weight excluding hydrogens is 298 g/mol. The number of rotatable bonds is 4. The van der Waals surface area contributed by atoms with Gasteiger partial charge in [0.2, 0.25) is 0 Å². The first-order chi connectivity index (χ1) is 8.08. The summed E-state index contributed by atoms with van der Waals surface area (Å²) < 4.78 is 3.00. The first kappa shape index (κ1) is 12.8. The van der Waals surface area contributed by atoms with Crippen molar-refractivity contribution >= 4 is 27.3 Å². The first-order valence-electron chi connectivity index (χ1n) is 5.54. The fourth-order valence-corrected chi connectivity index (χ4v) is 3.21. The Kier molecular flexibility index (Phi) is 4.01. The van der Waals surface area contributed by atoms with Gasteiger partial charge >= 0.3 is 0 Å². The van der Waals surface area contributed by atoms with Crippen molar-refractivity contribution in [1.29, 1.82) is 0 Å². The summed E-state index contributed by atoms with van der Waals surface area (Å²) in [6.07, 6.45) is 1.77. The molecule has 17 heavy (non-hydrogen) atoms. The second-order valence-corrected chi connectivity index (χ2v) is 6.04. The molecule has 0 spiro atoms. The minimum absolute atomic E-state index is 0.139. The van der Waals surface area contributed by atoms with E-state index >= 15 is 0 Å². The predicted molar refractivity (Wildman–Crippen MR) is 75.3 cm³/mol. The third-order valence-corrected chi connectivity index (χ3v) is 4.69. The lowest BCUT2D eigenvalue weighted by molar-refractivity contribution is 0.614. The normalized spacial score (nSPS) is 12.9. The third-order valence-electron chi connectivity index (χ3n) is 2.76. The van der Waals surface area contributed by atoms with Gasteiger partial charge in [0.25, 0.3) is 0 Å². The monoisotopic (exact) mass is 313 g/mol. The molecule has 5 heteroatoms.